The fourth-order valence-electron chi connectivity index (χ4n) is 2.84. The Morgan fingerprint density at radius 2 is 1.56 bits per heavy atom. The molecule has 4 unspecified atom stereocenters. The highest BCUT2D eigenvalue weighted by atomic mass is 32.2. The van der Waals surface area contributed by atoms with Gasteiger partial charge in [-0.15, -0.1) is 0 Å². The molecular formula is C21H31N5O7S. The maximum Gasteiger partial charge on any atom is 0.326 e. The molecule has 34 heavy (non-hydrogen) atoms. The Balaban J connectivity index is 2.76. The second-order valence-corrected chi connectivity index (χ2v) is 8.61. The fraction of sp³-hybridized carbons (Fsp3) is 0.476. The topological polar surface area (TPSA) is 214 Å². The Hall–Kier alpha value is -3.32. The third-order valence-electron chi connectivity index (χ3n) is 4.74. The van der Waals surface area contributed by atoms with Crippen molar-refractivity contribution >= 4 is 41.4 Å². The van der Waals surface area contributed by atoms with Gasteiger partial charge in [0.05, 0.1) is 12.5 Å². The van der Waals surface area contributed by atoms with Crippen LogP contribution in [0, 0.1) is 0 Å². The van der Waals surface area contributed by atoms with Crippen LogP contribution in [0.4, 0.5) is 0 Å². The standard InChI is InChI=1S/C21H31N5O7S/c1-11(18(29)25-15(21(32)33)7-8-34-2)24-20(31)16(10-17(23)28)26-19(30)14(22)9-12-3-5-13(27)6-4-12/h3-6,11,14-16,27H,7-10,22H2,1-2H3,(H2,23,28)(H,24,31)(H,25,29)(H,26,30)(H,32,33). The summed E-state index contributed by atoms with van der Waals surface area (Å²) in [6.07, 6.45) is 1.56. The van der Waals surface area contributed by atoms with Crippen LogP contribution in [0.2, 0.25) is 0 Å². The van der Waals surface area contributed by atoms with Crippen LogP contribution in [0.3, 0.4) is 0 Å². The van der Waals surface area contributed by atoms with Crippen molar-refractivity contribution < 1.29 is 34.2 Å². The minimum atomic E-state index is -1.39. The van der Waals surface area contributed by atoms with Crippen molar-refractivity contribution in [2.45, 2.75) is 50.4 Å². The van der Waals surface area contributed by atoms with Crippen LogP contribution in [0.15, 0.2) is 24.3 Å². The number of hydrogen-bond acceptors (Lipinski definition) is 8. The van der Waals surface area contributed by atoms with E-state index in [1.165, 1.54) is 30.8 Å². The number of aromatic hydroxyl groups is 1. The van der Waals surface area contributed by atoms with E-state index in [2.05, 4.69) is 16.0 Å². The molecule has 1 aromatic rings. The largest absolute Gasteiger partial charge is 0.508 e. The summed E-state index contributed by atoms with van der Waals surface area (Å²) in [7, 11) is 0. The number of carboxylic acids is 1. The first-order chi connectivity index (χ1) is 15.9. The van der Waals surface area contributed by atoms with Crippen LogP contribution < -0.4 is 27.4 Å². The van der Waals surface area contributed by atoms with Crippen molar-refractivity contribution in [1.82, 2.24) is 16.0 Å². The summed E-state index contributed by atoms with van der Waals surface area (Å²) in [6.45, 7) is 1.33. The van der Waals surface area contributed by atoms with E-state index in [1.807, 2.05) is 0 Å². The van der Waals surface area contributed by atoms with Gasteiger partial charge in [-0.3, -0.25) is 19.2 Å². The molecule has 188 valence electrons. The summed E-state index contributed by atoms with van der Waals surface area (Å²) in [6, 6.07) is 1.30. The van der Waals surface area contributed by atoms with Crippen molar-refractivity contribution in [2.75, 3.05) is 12.0 Å². The molecule has 0 aliphatic rings. The van der Waals surface area contributed by atoms with Gasteiger partial charge in [0.15, 0.2) is 0 Å². The maximum atomic E-state index is 12.6. The third kappa shape index (κ3) is 10.1. The van der Waals surface area contributed by atoms with E-state index in [9.17, 15) is 34.2 Å². The number of primary amides is 1. The smallest absolute Gasteiger partial charge is 0.326 e. The number of carbonyl (C=O) groups is 5. The molecule has 13 heteroatoms. The minimum absolute atomic E-state index is 0.0528. The highest BCUT2D eigenvalue weighted by Crippen LogP contribution is 2.11. The van der Waals surface area contributed by atoms with Gasteiger partial charge in [-0.25, -0.2) is 4.79 Å². The van der Waals surface area contributed by atoms with Gasteiger partial charge < -0.3 is 37.6 Å². The summed E-state index contributed by atoms with van der Waals surface area (Å²) in [5.41, 5.74) is 11.7. The van der Waals surface area contributed by atoms with Gasteiger partial charge in [0.2, 0.25) is 23.6 Å². The summed E-state index contributed by atoms with van der Waals surface area (Å²) < 4.78 is 0. The van der Waals surface area contributed by atoms with Gasteiger partial charge >= 0.3 is 5.97 Å². The second kappa shape index (κ2) is 14.1. The van der Waals surface area contributed by atoms with Crippen LogP contribution in [-0.2, 0) is 30.4 Å². The lowest BCUT2D eigenvalue weighted by Gasteiger charge is -2.23. The van der Waals surface area contributed by atoms with Crippen LogP contribution >= 0.6 is 11.8 Å². The number of benzene rings is 1. The Kier molecular flexibility index (Phi) is 11.9. The van der Waals surface area contributed by atoms with Crippen LogP contribution in [-0.4, -0.2) is 76.0 Å². The van der Waals surface area contributed by atoms with Gasteiger partial charge in [0, 0.05) is 0 Å². The molecule has 12 nitrogen and oxygen atoms in total. The van der Waals surface area contributed by atoms with Gasteiger partial charge in [0.25, 0.3) is 0 Å². The Labute approximate surface area is 201 Å². The number of hydrogen-bond donors (Lipinski definition) is 7. The van der Waals surface area contributed by atoms with E-state index in [4.69, 9.17) is 11.5 Å². The van der Waals surface area contributed by atoms with E-state index in [1.54, 1.807) is 18.4 Å². The SMILES string of the molecule is CSCCC(NC(=O)C(C)NC(=O)C(CC(N)=O)NC(=O)C(N)Cc1ccc(O)cc1)C(=O)O. The van der Waals surface area contributed by atoms with Crippen molar-refractivity contribution in [3.8, 4) is 5.75 Å². The lowest BCUT2D eigenvalue weighted by atomic mass is 10.0. The van der Waals surface area contributed by atoms with E-state index >= 15 is 0 Å². The number of aliphatic carboxylic acids is 1. The van der Waals surface area contributed by atoms with Gasteiger partial charge in [-0.2, -0.15) is 11.8 Å². The van der Waals surface area contributed by atoms with E-state index in [0.717, 1.165) is 0 Å². The quantitative estimate of drug-likeness (QED) is 0.158. The lowest BCUT2D eigenvalue weighted by molar-refractivity contribution is -0.142. The molecule has 0 spiro atoms. The molecule has 0 saturated carbocycles. The summed E-state index contributed by atoms with van der Waals surface area (Å²) in [4.78, 5) is 60.2. The fourth-order valence-corrected chi connectivity index (χ4v) is 3.31. The minimum Gasteiger partial charge on any atom is -0.508 e. The van der Waals surface area contributed by atoms with Crippen LogP contribution in [0.25, 0.3) is 0 Å². The zero-order chi connectivity index (χ0) is 25.8. The molecule has 1 aromatic carbocycles. The first-order valence-corrected chi connectivity index (χ1v) is 11.8. The molecule has 1 rings (SSSR count). The van der Waals surface area contributed by atoms with Gasteiger partial charge in [-0.05, 0) is 49.5 Å². The Bertz CT molecular complexity index is 881. The zero-order valence-corrected chi connectivity index (χ0v) is 19.8. The van der Waals surface area contributed by atoms with Gasteiger partial charge in [0.1, 0.15) is 23.9 Å². The summed E-state index contributed by atoms with van der Waals surface area (Å²) in [5.74, 6) is -3.84. The molecule has 4 atom stereocenters. The molecule has 0 aliphatic heterocycles. The lowest BCUT2D eigenvalue weighted by Crippen LogP contribution is -2.57. The number of rotatable bonds is 14. The maximum absolute atomic E-state index is 12.6. The molecule has 4 amide bonds. The molecule has 0 aliphatic carbocycles. The van der Waals surface area contributed by atoms with E-state index < -0.39 is 60.2 Å². The molecule has 0 bridgehead atoms. The van der Waals surface area contributed by atoms with Crippen LogP contribution in [0.5, 0.6) is 5.75 Å². The monoisotopic (exact) mass is 497 g/mol. The number of nitrogens with one attached hydrogen (secondary N) is 3. The van der Waals surface area contributed by atoms with Crippen molar-refractivity contribution in [3.63, 3.8) is 0 Å². The average Bonchev–Trinajstić information content (AvgIpc) is 2.76. The number of carboxylic acid groups (broad SMARTS) is 1. The number of phenolic OH excluding ortho intramolecular Hbond substituents is 1. The molecule has 9 N–H and O–H groups in total. The molecule has 0 saturated heterocycles. The highest BCUT2D eigenvalue weighted by molar-refractivity contribution is 7.98. The van der Waals surface area contributed by atoms with Gasteiger partial charge in [-0.1, -0.05) is 12.1 Å². The second-order valence-electron chi connectivity index (χ2n) is 7.62. The van der Waals surface area contributed by atoms with Crippen LogP contribution in [0.1, 0.15) is 25.3 Å². The number of thioether (sulfide) groups is 1. The van der Waals surface area contributed by atoms with Crippen molar-refractivity contribution in [2.24, 2.45) is 11.5 Å². The summed E-state index contributed by atoms with van der Waals surface area (Å²) >= 11 is 1.42. The van der Waals surface area contributed by atoms with Crippen molar-refractivity contribution in [1.29, 1.82) is 0 Å². The third-order valence-corrected chi connectivity index (χ3v) is 5.39. The number of carbonyl (C=O) groups excluding carboxylic acids is 4. The van der Waals surface area contributed by atoms with E-state index in [0.29, 0.717) is 11.3 Å². The number of phenols is 1. The van der Waals surface area contributed by atoms with Crippen molar-refractivity contribution in [3.05, 3.63) is 29.8 Å². The number of nitrogens with two attached hydrogens (primary N) is 2. The first-order valence-electron chi connectivity index (χ1n) is 10.4. The molecule has 0 radical (unpaired) electrons. The Morgan fingerprint density at radius 3 is 2.09 bits per heavy atom. The Morgan fingerprint density at radius 1 is 0.971 bits per heavy atom. The summed E-state index contributed by atoms with van der Waals surface area (Å²) in [5, 5.41) is 25.6. The normalized spacial score (nSPS) is 14.2. The molecule has 0 fully saturated rings. The number of amides is 4. The predicted molar refractivity (Wildman–Crippen MR) is 126 cm³/mol. The zero-order valence-electron chi connectivity index (χ0n) is 18.9. The first kappa shape index (κ1) is 28.7. The average molecular weight is 498 g/mol. The predicted octanol–water partition coefficient (Wildman–Crippen LogP) is -1.55. The molecular weight excluding hydrogens is 466 g/mol. The molecule has 0 aromatic heterocycles. The van der Waals surface area contributed by atoms with E-state index in [-0.39, 0.29) is 18.6 Å². The highest BCUT2D eigenvalue weighted by Gasteiger charge is 2.29. The molecule has 0 heterocycles.